The highest BCUT2D eigenvalue weighted by atomic mass is 16.5. The van der Waals surface area contributed by atoms with Gasteiger partial charge >= 0.3 is 17.9 Å². The van der Waals surface area contributed by atoms with Gasteiger partial charge in [0.05, 0.1) is 23.7 Å². The molecule has 1 amide bonds. The molecule has 0 heterocycles. The lowest BCUT2D eigenvalue weighted by Gasteiger charge is -2.11. The van der Waals surface area contributed by atoms with Gasteiger partial charge in [0.1, 0.15) is 0 Å². The van der Waals surface area contributed by atoms with Gasteiger partial charge in [0.2, 0.25) is 5.91 Å². The molecule has 1 aromatic carbocycles. The number of esters is 1. The van der Waals surface area contributed by atoms with Crippen molar-refractivity contribution in [2.24, 2.45) is 11.8 Å². The summed E-state index contributed by atoms with van der Waals surface area (Å²) in [6.07, 6.45) is 23.5. The van der Waals surface area contributed by atoms with Crippen LogP contribution in [-0.4, -0.2) is 40.6 Å². The summed E-state index contributed by atoms with van der Waals surface area (Å²) in [6.45, 7) is 10.4. The highest BCUT2D eigenvalue weighted by molar-refractivity contribution is 5.98. The maximum absolute atomic E-state index is 11.7. The largest absolute Gasteiger partial charge is 0.478 e. The molecular formula is C36H61NO7. The van der Waals surface area contributed by atoms with Crippen LogP contribution < -0.4 is 5.32 Å². The summed E-state index contributed by atoms with van der Waals surface area (Å²) in [6, 6.07) is 3.51. The summed E-state index contributed by atoms with van der Waals surface area (Å²) in [4.78, 5) is 45.0. The number of carbonyl (C=O) groups is 4. The number of rotatable bonds is 24. The number of unbranched alkanes of at least 4 members (excludes halogenated alkanes) is 15. The molecule has 3 N–H and O–H groups in total. The molecule has 0 saturated heterocycles. The van der Waals surface area contributed by atoms with Gasteiger partial charge in [-0.2, -0.15) is 0 Å². The van der Waals surface area contributed by atoms with E-state index in [0.29, 0.717) is 13.0 Å². The number of anilines is 1. The van der Waals surface area contributed by atoms with Crippen LogP contribution in [-0.2, 0) is 14.3 Å². The molecule has 8 nitrogen and oxygen atoms in total. The lowest BCUT2D eigenvalue weighted by atomic mass is 10.0. The smallest absolute Gasteiger partial charge is 0.335 e. The van der Waals surface area contributed by atoms with Crippen molar-refractivity contribution in [1.29, 1.82) is 0 Å². The molecule has 1 aromatic rings. The van der Waals surface area contributed by atoms with Crippen molar-refractivity contribution in [2.75, 3.05) is 11.9 Å². The van der Waals surface area contributed by atoms with Crippen molar-refractivity contribution in [2.45, 2.75) is 150 Å². The number of ether oxygens (including phenoxy) is 1. The van der Waals surface area contributed by atoms with Crippen molar-refractivity contribution in [1.82, 2.24) is 0 Å². The normalized spacial score (nSPS) is 12.0. The molecule has 0 aliphatic heterocycles. The fourth-order valence-electron chi connectivity index (χ4n) is 4.53. The Balaban J connectivity index is 0.000000870. The van der Waals surface area contributed by atoms with E-state index in [2.05, 4.69) is 12.2 Å². The molecule has 252 valence electrons. The average Bonchev–Trinajstić information content (AvgIpc) is 3.01. The second-order valence-corrected chi connectivity index (χ2v) is 12.0. The highest BCUT2D eigenvalue weighted by Gasteiger charge is 2.15. The van der Waals surface area contributed by atoms with E-state index < -0.39 is 11.9 Å². The summed E-state index contributed by atoms with van der Waals surface area (Å²) in [7, 11) is 0. The molecule has 44 heavy (non-hydrogen) atoms. The van der Waals surface area contributed by atoms with Crippen LogP contribution in [0.25, 0.3) is 0 Å². The van der Waals surface area contributed by atoms with E-state index in [-0.39, 0.29) is 40.5 Å². The first-order chi connectivity index (χ1) is 21.1. The molecule has 1 rings (SSSR count). The molecule has 0 radical (unpaired) electrons. The van der Waals surface area contributed by atoms with E-state index in [1.165, 1.54) is 108 Å². The van der Waals surface area contributed by atoms with Gasteiger partial charge in [0.25, 0.3) is 0 Å². The van der Waals surface area contributed by atoms with Crippen molar-refractivity contribution >= 4 is 29.5 Å². The van der Waals surface area contributed by atoms with Crippen molar-refractivity contribution in [3.63, 3.8) is 0 Å². The van der Waals surface area contributed by atoms with Crippen molar-refractivity contribution in [3.8, 4) is 0 Å². The topological polar surface area (TPSA) is 130 Å². The Bertz CT molecular complexity index is 914. The monoisotopic (exact) mass is 619 g/mol. The predicted molar refractivity (Wildman–Crippen MR) is 178 cm³/mol. The Kier molecular flexibility index (Phi) is 24.8. The zero-order valence-corrected chi connectivity index (χ0v) is 28.3. The zero-order chi connectivity index (χ0) is 33.2. The van der Waals surface area contributed by atoms with Crippen LogP contribution in [0.4, 0.5) is 5.69 Å². The fraction of sp³-hybridized carbons (Fsp3) is 0.722. The molecule has 0 spiro atoms. The van der Waals surface area contributed by atoms with Gasteiger partial charge in [-0.25, -0.2) is 9.59 Å². The van der Waals surface area contributed by atoms with Crippen molar-refractivity contribution in [3.05, 3.63) is 29.3 Å². The average molecular weight is 620 g/mol. The van der Waals surface area contributed by atoms with E-state index in [0.717, 1.165) is 18.9 Å². The maximum Gasteiger partial charge on any atom is 0.335 e. The summed E-state index contributed by atoms with van der Waals surface area (Å²) in [5.41, 5.74) is -0.193. The van der Waals surface area contributed by atoms with Crippen molar-refractivity contribution < 1.29 is 34.1 Å². The summed E-state index contributed by atoms with van der Waals surface area (Å²) in [5.74, 6) is -2.98. The third-order valence-corrected chi connectivity index (χ3v) is 8.01. The van der Waals surface area contributed by atoms with Gasteiger partial charge in [-0.05, 0) is 37.5 Å². The number of hydrogen-bond donors (Lipinski definition) is 3. The minimum Gasteiger partial charge on any atom is -0.478 e. The van der Waals surface area contributed by atoms with Crippen LogP contribution in [0.15, 0.2) is 18.2 Å². The van der Waals surface area contributed by atoms with Gasteiger partial charge < -0.3 is 20.3 Å². The van der Waals surface area contributed by atoms with Gasteiger partial charge in [-0.1, -0.05) is 131 Å². The van der Waals surface area contributed by atoms with Gasteiger partial charge in [0.15, 0.2) is 0 Å². The predicted octanol–water partition coefficient (Wildman–Crippen LogP) is 9.90. The molecule has 0 saturated carbocycles. The number of aromatic carboxylic acids is 2. The molecule has 0 aliphatic carbocycles. The first kappa shape index (κ1) is 41.1. The molecule has 8 heteroatoms. The molecule has 0 bridgehead atoms. The first-order valence-corrected chi connectivity index (χ1v) is 17.2. The SMILES string of the molecule is CCC(C)C(=O)Nc1cc(C(=O)O)cc(C(=O)O)c1.CCCCCCCCCCCCCCCCCCOC(=O)C(C)CC. The number of amides is 1. The minimum absolute atomic E-state index is 0.0246. The second kappa shape index (κ2) is 26.5. The molecule has 0 aliphatic rings. The lowest BCUT2D eigenvalue weighted by molar-refractivity contribution is -0.148. The minimum atomic E-state index is -1.25. The van der Waals surface area contributed by atoms with Crippen LogP contribution in [0.3, 0.4) is 0 Å². The quantitative estimate of drug-likeness (QED) is 0.0775. The Morgan fingerprint density at radius 3 is 1.36 bits per heavy atom. The van der Waals surface area contributed by atoms with Crippen LogP contribution in [0.1, 0.15) is 171 Å². The van der Waals surface area contributed by atoms with Crippen LogP contribution in [0, 0.1) is 11.8 Å². The zero-order valence-electron chi connectivity index (χ0n) is 28.3. The first-order valence-electron chi connectivity index (χ1n) is 17.2. The van der Waals surface area contributed by atoms with Crippen LogP contribution in [0.2, 0.25) is 0 Å². The number of nitrogens with one attached hydrogen (secondary N) is 1. The molecule has 0 fully saturated rings. The number of carboxylic acid groups (broad SMARTS) is 2. The van der Waals surface area contributed by atoms with E-state index in [9.17, 15) is 19.2 Å². The number of benzene rings is 1. The Morgan fingerprint density at radius 1 is 0.614 bits per heavy atom. The van der Waals surface area contributed by atoms with Crippen LogP contribution in [0.5, 0.6) is 0 Å². The van der Waals surface area contributed by atoms with E-state index in [4.69, 9.17) is 14.9 Å². The van der Waals surface area contributed by atoms with Gasteiger partial charge in [-0.3, -0.25) is 9.59 Å². The number of carbonyl (C=O) groups excluding carboxylic acids is 2. The molecular weight excluding hydrogens is 558 g/mol. The van der Waals surface area contributed by atoms with Gasteiger partial charge in [-0.15, -0.1) is 0 Å². The van der Waals surface area contributed by atoms with Crippen LogP contribution >= 0.6 is 0 Å². The molecule has 0 aromatic heterocycles. The second-order valence-electron chi connectivity index (χ2n) is 12.0. The van der Waals surface area contributed by atoms with E-state index in [1.54, 1.807) is 6.92 Å². The third-order valence-electron chi connectivity index (χ3n) is 8.01. The van der Waals surface area contributed by atoms with Gasteiger partial charge in [0, 0.05) is 11.6 Å². The third kappa shape index (κ3) is 20.9. The Hall–Kier alpha value is -2.90. The summed E-state index contributed by atoms with van der Waals surface area (Å²) >= 11 is 0. The number of carboxylic acids is 2. The maximum atomic E-state index is 11.7. The molecule has 2 atom stereocenters. The lowest BCUT2D eigenvalue weighted by Crippen LogP contribution is -2.20. The Labute approximate surface area is 266 Å². The summed E-state index contributed by atoms with van der Waals surface area (Å²) < 4.78 is 5.27. The standard InChI is InChI=1S/C23H46O2.C13H15NO5/c1-4-6-7-8-9-10-11-12-13-14-15-16-17-18-19-20-21-25-23(24)22(3)5-2;1-3-7(2)11(15)14-10-5-8(12(16)17)4-9(6-10)13(18)19/h22H,4-21H2,1-3H3;4-7H,3H2,1-2H3,(H,14,15)(H,16,17)(H,18,19). The highest BCUT2D eigenvalue weighted by Crippen LogP contribution is 2.17. The Morgan fingerprint density at radius 2 is 1.00 bits per heavy atom. The summed E-state index contributed by atoms with van der Waals surface area (Å²) in [5, 5.41) is 20.3. The van der Waals surface area contributed by atoms with E-state index >= 15 is 0 Å². The molecule has 2 unspecified atom stereocenters. The van der Waals surface area contributed by atoms with E-state index in [1.807, 2.05) is 20.8 Å². The number of hydrogen-bond acceptors (Lipinski definition) is 5. The fourth-order valence-corrected chi connectivity index (χ4v) is 4.53.